The van der Waals surface area contributed by atoms with Crippen molar-refractivity contribution in [3.8, 4) is 0 Å². The van der Waals surface area contributed by atoms with Crippen molar-refractivity contribution in [2.45, 2.75) is 52.4 Å². The molecule has 0 aromatic carbocycles. The lowest BCUT2D eigenvalue weighted by Gasteiger charge is -2.00. The molecule has 0 saturated carbocycles. The third-order valence-electron chi connectivity index (χ3n) is 1.94. The minimum Gasteiger partial charge on any atom is -0.396 e. The van der Waals surface area contributed by atoms with Crippen LogP contribution in [0.25, 0.3) is 0 Å². The Bertz CT molecular complexity index is 205. The first kappa shape index (κ1) is 14.9. The van der Waals surface area contributed by atoms with E-state index in [1.54, 1.807) is 0 Å². The lowest BCUT2D eigenvalue weighted by atomic mass is 10.2. The van der Waals surface area contributed by atoms with E-state index in [1.807, 2.05) is 29.5 Å². The number of carbonyl (C=O) groups is 1. The second kappa shape index (κ2) is 10.4. The molecule has 3 nitrogen and oxygen atoms in total. The summed E-state index contributed by atoms with van der Waals surface area (Å²) in [5, 5.41) is 3.99. The molecule has 0 saturated heterocycles. The van der Waals surface area contributed by atoms with E-state index >= 15 is 0 Å². The van der Waals surface area contributed by atoms with Crippen molar-refractivity contribution in [3.05, 3.63) is 0 Å². The van der Waals surface area contributed by atoms with Gasteiger partial charge >= 0.3 is 0 Å². The monoisotopic (exact) mass is 325 g/mol. The topological polar surface area (TPSA) is 38.7 Å². The highest BCUT2D eigenvalue weighted by atomic mass is 127. The second-order valence-electron chi connectivity index (χ2n) is 3.58. The van der Waals surface area contributed by atoms with Crippen LogP contribution in [0.3, 0.4) is 0 Å². The summed E-state index contributed by atoms with van der Waals surface area (Å²) in [6.07, 6.45) is 5.77. The zero-order valence-electron chi connectivity index (χ0n) is 9.59. The van der Waals surface area contributed by atoms with Crippen LogP contribution < -0.4 is 0 Å². The fourth-order valence-electron chi connectivity index (χ4n) is 1.17. The summed E-state index contributed by atoms with van der Waals surface area (Å²) in [4.78, 5) is 15.8. The molecule has 0 heterocycles. The quantitative estimate of drug-likeness (QED) is 0.213. The zero-order valence-corrected chi connectivity index (χ0v) is 11.7. The number of hydrogen-bond donors (Lipinski definition) is 0. The Balaban J connectivity index is 3.24. The molecule has 0 amide bonds. The van der Waals surface area contributed by atoms with Crippen LogP contribution in [0.1, 0.15) is 52.4 Å². The second-order valence-corrected chi connectivity index (χ2v) is 4.78. The molecule has 0 radical (unpaired) electrons. The van der Waals surface area contributed by atoms with Crippen LogP contribution in [0, 0.1) is 0 Å². The Morgan fingerprint density at radius 3 is 2.60 bits per heavy atom. The molecule has 88 valence electrons. The first-order valence-corrected chi connectivity index (χ1v) is 6.58. The Kier molecular flexibility index (Phi) is 10.3. The molecule has 0 bridgehead atoms. The van der Waals surface area contributed by atoms with E-state index in [2.05, 4.69) is 12.1 Å². The summed E-state index contributed by atoms with van der Waals surface area (Å²) >= 11 is 1.84. The number of unbranched alkanes of at least 4 members (excludes halogenated alkanes) is 2. The van der Waals surface area contributed by atoms with Crippen LogP contribution in [0.5, 0.6) is 0 Å². The zero-order chi connectivity index (χ0) is 11.5. The van der Waals surface area contributed by atoms with E-state index in [1.165, 1.54) is 0 Å². The van der Waals surface area contributed by atoms with Crippen LogP contribution in [0.4, 0.5) is 0 Å². The largest absolute Gasteiger partial charge is 0.396 e. The number of nitrogens with zero attached hydrogens (tertiary/aromatic N) is 1. The molecule has 0 fully saturated rings. The van der Waals surface area contributed by atoms with Crippen molar-refractivity contribution >= 4 is 32.1 Å². The molecule has 0 aliphatic carbocycles. The van der Waals surface area contributed by atoms with Gasteiger partial charge in [-0.25, -0.2) is 0 Å². The minimum atomic E-state index is 0.241. The van der Waals surface area contributed by atoms with E-state index in [4.69, 9.17) is 4.84 Å². The molecule has 0 rings (SSSR count). The molecular formula is C11H20INO2. The van der Waals surface area contributed by atoms with Crippen molar-refractivity contribution in [1.82, 2.24) is 0 Å². The molecule has 0 unspecified atom stereocenters. The molecule has 0 atom stereocenters. The fourth-order valence-corrected chi connectivity index (χ4v) is 1.55. The van der Waals surface area contributed by atoms with Gasteiger partial charge in [0.2, 0.25) is 0 Å². The lowest BCUT2D eigenvalue weighted by Crippen LogP contribution is -1.95. The molecule has 4 heteroatoms. The Labute approximate surface area is 106 Å². The Morgan fingerprint density at radius 2 is 2.00 bits per heavy atom. The summed E-state index contributed by atoms with van der Waals surface area (Å²) in [5.74, 6) is 0. The van der Waals surface area contributed by atoms with Crippen LogP contribution in [-0.4, -0.2) is 16.1 Å². The van der Waals surface area contributed by atoms with Gasteiger partial charge < -0.3 is 4.84 Å². The van der Waals surface area contributed by atoms with Gasteiger partial charge in [-0.05, 0) is 55.2 Å². The third-order valence-corrected chi connectivity index (χ3v) is 2.48. The number of carbonyl (C=O) groups excluding carboxylic acids is 1. The summed E-state index contributed by atoms with van der Waals surface area (Å²) in [6, 6.07) is 0. The maximum Gasteiger partial charge on any atom is 0.192 e. The summed E-state index contributed by atoms with van der Waals surface area (Å²) in [5.41, 5.74) is 1.06. The number of rotatable bonds is 9. The van der Waals surface area contributed by atoms with Gasteiger partial charge in [-0.2, -0.15) is 0 Å². The van der Waals surface area contributed by atoms with E-state index < -0.39 is 0 Å². The summed E-state index contributed by atoms with van der Waals surface area (Å²) in [6.45, 7) is 4.77. The lowest BCUT2D eigenvalue weighted by molar-refractivity contribution is -0.109. The predicted octanol–water partition coefficient (Wildman–Crippen LogP) is 3.70. The predicted molar refractivity (Wildman–Crippen MR) is 71.5 cm³/mol. The molecular weight excluding hydrogens is 305 g/mol. The average molecular weight is 325 g/mol. The van der Waals surface area contributed by atoms with Gasteiger partial charge in [0.25, 0.3) is 0 Å². The van der Waals surface area contributed by atoms with Crippen LogP contribution in [0.15, 0.2) is 5.16 Å². The molecule has 0 aliphatic rings. The normalized spacial score (nSPS) is 11.5. The maximum absolute atomic E-state index is 10.6. The average Bonchev–Trinajstić information content (AvgIpc) is 2.16. The van der Waals surface area contributed by atoms with E-state index in [-0.39, 0.29) is 3.79 Å². The fraction of sp³-hybridized carbons (Fsp3) is 0.818. The van der Waals surface area contributed by atoms with Gasteiger partial charge in [-0.15, -0.1) is 0 Å². The van der Waals surface area contributed by atoms with Crippen LogP contribution in [0.2, 0.25) is 0 Å². The Hall–Kier alpha value is -0.130. The van der Waals surface area contributed by atoms with Gasteiger partial charge in [0.1, 0.15) is 6.61 Å². The Morgan fingerprint density at radius 1 is 1.27 bits per heavy atom. The number of hydrogen-bond acceptors (Lipinski definition) is 3. The van der Waals surface area contributed by atoms with Crippen molar-refractivity contribution < 1.29 is 9.63 Å². The molecule has 0 aromatic heterocycles. The highest BCUT2D eigenvalue weighted by Crippen LogP contribution is 2.04. The highest BCUT2D eigenvalue weighted by Gasteiger charge is 1.95. The SMILES string of the molecule is CCC/C(C)=N/OCCCCCC(=O)I. The van der Waals surface area contributed by atoms with Crippen molar-refractivity contribution in [1.29, 1.82) is 0 Å². The van der Waals surface area contributed by atoms with E-state index in [0.29, 0.717) is 13.0 Å². The minimum absolute atomic E-state index is 0.241. The van der Waals surface area contributed by atoms with Crippen molar-refractivity contribution in [3.63, 3.8) is 0 Å². The van der Waals surface area contributed by atoms with Gasteiger partial charge in [-0.1, -0.05) is 18.5 Å². The van der Waals surface area contributed by atoms with Crippen LogP contribution >= 0.6 is 22.6 Å². The first-order valence-electron chi connectivity index (χ1n) is 5.50. The molecule has 15 heavy (non-hydrogen) atoms. The smallest absolute Gasteiger partial charge is 0.192 e. The van der Waals surface area contributed by atoms with E-state index in [0.717, 1.165) is 37.8 Å². The standard InChI is InChI=1S/C11H20INO2/c1-3-7-10(2)13-15-9-6-4-5-8-11(12)14/h3-9H2,1-2H3/b13-10+. The summed E-state index contributed by atoms with van der Waals surface area (Å²) in [7, 11) is 0. The van der Waals surface area contributed by atoms with Crippen molar-refractivity contribution in [2.24, 2.45) is 5.16 Å². The van der Waals surface area contributed by atoms with Crippen molar-refractivity contribution in [2.75, 3.05) is 6.61 Å². The van der Waals surface area contributed by atoms with Gasteiger partial charge in [0.05, 0.1) is 5.71 Å². The molecule has 0 aliphatic heterocycles. The number of halogens is 1. The number of oxime groups is 1. The molecule has 0 N–H and O–H groups in total. The van der Waals surface area contributed by atoms with Gasteiger partial charge in [0, 0.05) is 6.42 Å². The van der Waals surface area contributed by atoms with Gasteiger partial charge in [0.15, 0.2) is 3.79 Å². The van der Waals surface area contributed by atoms with E-state index in [9.17, 15) is 4.79 Å². The third kappa shape index (κ3) is 11.8. The molecule has 0 aromatic rings. The first-order chi connectivity index (χ1) is 7.16. The maximum atomic E-state index is 10.6. The summed E-state index contributed by atoms with van der Waals surface area (Å²) < 4.78 is 0.241. The molecule has 0 spiro atoms. The van der Waals surface area contributed by atoms with Crippen LogP contribution in [-0.2, 0) is 9.63 Å². The van der Waals surface area contributed by atoms with Gasteiger partial charge in [-0.3, -0.25) is 4.79 Å². The highest BCUT2D eigenvalue weighted by molar-refractivity contribution is 14.1.